The number of nitro groups is 1. The van der Waals surface area contributed by atoms with E-state index in [9.17, 15) is 23.3 Å². The number of sulfone groups is 1. The molecule has 1 fully saturated rings. The summed E-state index contributed by atoms with van der Waals surface area (Å²) in [6.07, 6.45) is 0.891. The summed E-state index contributed by atoms with van der Waals surface area (Å²) in [5, 5.41) is 11.1. The molecule has 1 aromatic rings. The van der Waals surface area contributed by atoms with Gasteiger partial charge in [-0.25, -0.2) is 8.42 Å². The largest absolute Gasteiger partial charge is 0.377 e. The third-order valence-corrected chi connectivity index (χ3v) is 4.84. The molecule has 1 amide bonds. The van der Waals surface area contributed by atoms with Crippen LogP contribution in [0.15, 0.2) is 23.1 Å². The minimum atomic E-state index is -3.76. The van der Waals surface area contributed by atoms with Crippen molar-refractivity contribution in [2.75, 3.05) is 26.0 Å². The van der Waals surface area contributed by atoms with Gasteiger partial charge < -0.3 is 9.64 Å². The van der Waals surface area contributed by atoms with Crippen molar-refractivity contribution < 1.29 is 22.9 Å². The number of hydrogen-bond acceptors (Lipinski definition) is 6. The zero-order valence-electron chi connectivity index (χ0n) is 13.1. The van der Waals surface area contributed by atoms with Gasteiger partial charge in [0, 0.05) is 24.4 Å². The lowest BCUT2D eigenvalue weighted by Crippen LogP contribution is -2.55. The zero-order valence-corrected chi connectivity index (χ0v) is 13.9. The summed E-state index contributed by atoms with van der Waals surface area (Å²) in [6, 6.07) is 3.43. The predicted molar refractivity (Wildman–Crippen MR) is 82.1 cm³/mol. The van der Waals surface area contributed by atoms with Crippen molar-refractivity contribution >= 4 is 21.4 Å². The van der Waals surface area contributed by atoms with E-state index in [2.05, 4.69) is 0 Å². The van der Waals surface area contributed by atoms with Crippen molar-refractivity contribution in [2.24, 2.45) is 0 Å². The second-order valence-electron chi connectivity index (χ2n) is 6.03. The Hall–Kier alpha value is -2.00. The van der Waals surface area contributed by atoms with E-state index in [-0.39, 0.29) is 11.5 Å². The zero-order chi connectivity index (χ0) is 17.4. The molecule has 0 aromatic heterocycles. The van der Waals surface area contributed by atoms with Crippen LogP contribution >= 0.6 is 0 Å². The molecule has 0 radical (unpaired) electrons. The van der Waals surface area contributed by atoms with Crippen LogP contribution in [0.4, 0.5) is 5.69 Å². The van der Waals surface area contributed by atoms with Gasteiger partial charge in [-0.2, -0.15) is 0 Å². The normalized spacial score (nSPS) is 17.8. The fraction of sp³-hybridized carbons (Fsp3) is 0.500. The molecule has 8 nitrogen and oxygen atoms in total. The summed E-state index contributed by atoms with van der Waals surface area (Å²) in [5.41, 5.74) is -1.05. The monoisotopic (exact) mass is 342 g/mol. The van der Waals surface area contributed by atoms with Gasteiger partial charge in [-0.15, -0.1) is 0 Å². The van der Waals surface area contributed by atoms with Crippen molar-refractivity contribution in [2.45, 2.75) is 24.3 Å². The molecule has 1 heterocycles. The van der Waals surface area contributed by atoms with E-state index in [1.807, 2.05) is 13.8 Å². The molecule has 0 spiro atoms. The standard InChI is InChI=1S/C14H18N2O6S/c1-14(2)9-22-7-6-15(14)13(17)10-4-5-12(23(3,20)21)11(8-10)16(18)19/h4-5,8H,6-7,9H2,1-3H3. The topological polar surface area (TPSA) is 107 Å². The van der Waals surface area contributed by atoms with E-state index in [0.29, 0.717) is 19.8 Å². The number of hydrogen-bond donors (Lipinski definition) is 0. The average Bonchev–Trinajstić information content (AvgIpc) is 2.44. The highest BCUT2D eigenvalue weighted by Crippen LogP contribution is 2.27. The van der Waals surface area contributed by atoms with Crippen LogP contribution in [0.5, 0.6) is 0 Å². The van der Waals surface area contributed by atoms with Gasteiger partial charge in [0.1, 0.15) is 4.90 Å². The number of ether oxygens (including phenoxy) is 1. The molecule has 0 saturated carbocycles. The molecule has 1 aromatic carbocycles. The number of amides is 1. The van der Waals surface area contributed by atoms with E-state index in [4.69, 9.17) is 4.74 Å². The number of rotatable bonds is 3. The van der Waals surface area contributed by atoms with Crippen LogP contribution in [0.25, 0.3) is 0 Å². The third kappa shape index (κ3) is 3.50. The highest BCUT2D eigenvalue weighted by atomic mass is 32.2. The molecule has 1 saturated heterocycles. The van der Waals surface area contributed by atoms with Crippen LogP contribution < -0.4 is 0 Å². The minimum absolute atomic E-state index is 0.0825. The summed E-state index contributed by atoms with van der Waals surface area (Å²) in [6.45, 7) is 4.79. The van der Waals surface area contributed by atoms with Gasteiger partial charge >= 0.3 is 0 Å². The Labute approximate surface area is 134 Å². The molecule has 1 aliphatic rings. The molecule has 0 N–H and O–H groups in total. The molecule has 0 aliphatic carbocycles. The van der Waals surface area contributed by atoms with Crippen LogP contribution in [0.3, 0.4) is 0 Å². The van der Waals surface area contributed by atoms with Crippen molar-refractivity contribution in [3.8, 4) is 0 Å². The number of benzene rings is 1. The van der Waals surface area contributed by atoms with Gasteiger partial charge in [0.15, 0.2) is 9.84 Å². The van der Waals surface area contributed by atoms with Gasteiger partial charge in [-0.3, -0.25) is 14.9 Å². The van der Waals surface area contributed by atoms with E-state index in [1.165, 1.54) is 6.07 Å². The maximum absolute atomic E-state index is 12.6. The Balaban J connectivity index is 2.46. The Morgan fingerprint density at radius 3 is 2.57 bits per heavy atom. The summed E-state index contributed by atoms with van der Waals surface area (Å²) in [4.78, 5) is 24.2. The molecule has 0 bridgehead atoms. The highest BCUT2D eigenvalue weighted by Gasteiger charge is 2.35. The molecule has 1 aliphatic heterocycles. The summed E-state index contributed by atoms with van der Waals surface area (Å²) < 4.78 is 28.6. The number of nitrogens with zero attached hydrogens (tertiary/aromatic N) is 2. The predicted octanol–water partition coefficient (Wildman–Crippen LogP) is 1.25. The first kappa shape index (κ1) is 17.4. The lowest BCUT2D eigenvalue weighted by Gasteiger charge is -2.42. The van der Waals surface area contributed by atoms with Gasteiger partial charge in [-0.1, -0.05) is 0 Å². The fourth-order valence-corrected chi connectivity index (χ4v) is 3.33. The van der Waals surface area contributed by atoms with Gasteiger partial charge in [-0.05, 0) is 26.0 Å². The van der Waals surface area contributed by atoms with Gasteiger partial charge in [0.05, 0.1) is 23.7 Å². The van der Waals surface area contributed by atoms with Crippen LogP contribution in [0.1, 0.15) is 24.2 Å². The lowest BCUT2D eigenvalue weighted by atomic mass is 10.0. The smallest absolute Gasteiger partial charge is 0.288 e. The fourth-order valence-electron chi connectivity index (χ4n) is 2.50. The number of carbonyl (C=O) groups is 1. The van der Waals surface area contributed by atoms with Crippen molar-refractivity contribution in [3.63, 3.8) is 0 Å². The average molecular weight is 342 g/mol. The van der Waals surface area contributed by atoms with Crippen LogP contribution in [-0.4, -0.2) is 55.7 Å². The van der Waals surface area contributed by atoms with Gasteiger partial charge in [0.2, 0.25) is 0 Å². The molecule has 2 rings (SSSR count). The second kappa shape index (κ2) is 5.89. The number of carbonyl (C=O) groups excluding carboxylic acids is 1. The molecule has 126 valence electrons. The first-order valence-electron chi connectivity index (χ1n) is 6.92. The summed E-state index contributed by atoms with van der Waals surface area (Å²) in [7, 11) is -3.76. The number of nitro benzene ring substituents is 1. The van der Waals surface area contributed by atoms with Crippen LogP contribution in [0.2, 0.25) is 0 Å². The van der Waals surface area contributed by atoms with E-state index < -0.39 is 30.9 Å². The third-order valence-electron chi connectivity index (χ3n) is 3.69. The van der Waals surface area contributed by atoms with Gasteiger partial charge in [0.25, 0.3) is 11.6 Å². The minimum Gasteiger partial charge on any atom is -0.377 e. The molecule has 0 unspecified atom stereocenters. The Morgan fingerprint density at radius 1 is 1.39 bits per heavy atom. The van der Waals surface area contributed by atoms with Crippen LogP contribution in [-0.2, 0) is 14.6 Å². The molecule has 9 heteroatoms. The number of morpholine rings is 1. The summed E-state index contributed by atoms with van der Waals surface area (Å²) in [5.74, 6) is -0.388. The molecular weight excluding hydrogens is 324 g/mol. The molecule has 0 atom stereocenters. The van der Waals surface area contributed by atoms with Crippen molar-refractivity contribution in [1.82, 2.24) is 4.90 Å². The van der Waals surface area contributed by atoms with Crippen LogP contribution in [0, 0.1) is 10.1 Å². The van der Waals surface area contributed by atoms with Crippen molar-refractivity contribution in [1.29, 1.82) is 0 Å². The SMILES string of the molecule is CC1(C)COCCN1C(=O)c1ccc(S(C)(=O)=O)c([N+](=O)[O-])c1. The molecular formula is C14H18N2O6S. The molecule has 23 heavy (non-hydrogen) atoms. The lowest BCUT2D eigenvalue weighted by molar-refractivity contribution is -0.387. The maximum Gasteiger partial charge on any atom is 0.288 e. The Bertz CT molecular complexity index is 757. The Morgan fingerprint density at radius 2 is 2.04 bits per heavy atom. The maximum atomic E-state index is 12.6. The second-order valence-corrected chi connectivity index (χ2v) is 8.02. The first-order chi connectivity index (χ1) is 10.5. The first-order valence-corrected chi connectivity index (χ1v) is 8.81. The van der Waals surface area contributed by atoms with E-state index in [1.54, 1.807) is 4.90 Å². The van der Waals surface area contributed by atoms with Crippen molar-refractivity contribution in [3.05, 3.63) is 33.9 Å². The van der Waals surface area contributed by atoms with E-state index >= 15 is 0 Å². The van der Waals surface area contributed by atoms with E-state index in [0.717, 1.165) is 18.4 Å². The summed E-state index contributed by atoms with van der Waals surface area (Å²) >= 11 is 0. The Kier molecular flexibility index (Phi) is 4.45. The quantitative estimate of drug-likeness (QED) is 0.604. The highest BCUT2D eigenvalue weighted by molar-refractivity contribution is 7.90.